The Morgan fingerprint density at radius 1 is 0.889 bits per heavy atom. The molecule has 0 unspecified atom stereocenters. The molecule has 0 spiro atoms. The average Bonchev–Trinajstić information content (AvgIpc) is 0.722. The van der Waals surface area contributed by atoms with E-state index in [1.54, 1.807) is 0 Å². The normalized spacial score (nSPS) is 6.56. The first kappa shape index (κ1) is 29.2. The molecular formula is H11AsCa3MgO4. The molecule has 0 saturated heterocycles. The molecule has 0 fully saturated rings. The molecule has 0 atom stereocenters. The van der Waals surface area contributed by atoms with Crippen molar-refractivity contribution >= 4 is 151 Å². The SMILES string of the molecule is O=[As](O)(O)O.[CaH2].[CaH2].[CaH2].[MgH2]. The summed E-state index contributed by atoms with van der Waals surface area (Å²) >= 11 is -5.12. The fourth-order valence-electron chi connectivity index (χ4n) is 0. The minimum Gasteiger partial charge on any atom is 0.316 e. The van der Waals surface area contributed by atoms with Crippen molar-refractivity contribution in [3.8, 4) is 0 Å². The summed E-state index contributed by atoms with van der Waals surface area (Å²) in [5, 5.41) is 0. The first-order valence-corrected chi connectivity index (χ1v) is 4.07. The van der Waals surface area contributed by atoms with Crippen molar-refractivity contribution in [1.29, 1.82) is 0 Å². The van der Waals surface area contributed by atoms with Gasteiger partial charge in [0.2, 0.25) is 0 Å². The molecule has 3 N–H and O–H groups in total. The van der Waals surface area contributed by atoms with Crippen molar-refractivity contribution in [3.63, 3.8) is 0 Å². The molecule has 0 aliphatic carbocycles. The van der Waals surface area contributed by atoms with Gasteiger partial charge in [-0.3, -0.25) is 0 Å². The van der Waals surface area contributed by atoms with Gasteiger partial charge >= 0.3 is 167 Å². The van der Waals surface area contributed by atoms with Crippen LogP contribution in [0, 0.1) is 0 Å². The van der Waals surface area contributed by atoms with Crippen molar-refractivity contribution in [1.82, 2.24) is 0 Å². The van der Waals surface area contributed by atoms with Crippen LogP contribution in [0.15, 0.2) is 0 Å². The standard InChI is InChI=1S/AsH3O4.3Ca.Mg.8H/c2-1(3,4)5;;;;;;;;;;;;/h(H3,2,3,4,5);;;;;;;;;;;;. The first-order valence-electron chi connectivity index (χ1n) is 0.783. The molecule has 48 valence electrons. The van der Waals surface area contributed by atoms with E-state index in [1.165, 1.54) is 0 Å². The molecule has 0 saturated carbocycles. The third kappa shape index (κ3) is 65.0. The molecule has 0 aromatic rings. The quantitative estimate of drug-likeness (QED) is 0.389. The Hall–Kier alpha value is 4.78. The van der Waals surface area contributed by atoms with Gasteiger partial charge in [0.1, 0.15) is 0 Å². The van der Waals surface area contributed by atoms with Crippen molar-refractivity contribution < 1.29 is 16.0 Å². The number of hydrogen-bond acceptors (Lipinski definition) is 1. The summed E-state index contributed by atoms with van der Waals surface area (Å²) in [5.74, 6) is 0. The largest absolute Gasteiger partial charge is 0.316 e. The van der Waals surface area contributed by atoms with Gasteiger partial charge in [0, 0.05) is 0 Å². The molecule has 0 radical (unpaired) electrons. The molecule has 0 aliphatic heterocycles. The van der Waals surface area contributed by atoms with E-state index in [0.717, 1.165) is 0 Å². The Morgan fingerprint density at radius 3 is 0.889 bits per heavy atom. The minimum absolute atomic E-state index is 0. The molecule has 0 rings (SSSR count). The van der Waals surface area contributed by atoms with Gasteiger partial charge < -0.3 is 0 Å². The van der Waals surface area contributed by atoms with Gasteiger partial charge in [-0.25, -0.2) is 0 Å². The van der Waals surface area contributed by atoms with E-state index in [2.05, 4.69) is 0 Å². The van der Waals surface area contributed by atoms with Gasteiger partial charge in [-0.15, -0.1) is 0 Å². The van der Waals surface area contributed by atoms with Gasteiger partial charge in [0.25, 0.3) is 0 Å². The fraction of sp³-hybridized carbons (Fsp3) is 0. The van der Waals surface area contributed by atoms with E-state index >= 15 is 0 Å². The number of hydrogen-bond donors (Lipinski definition) is 3. The molecule has 0 aromatic carbocycles. The molecule has 0 bridgehead atoms. The summed E-state index contributed by atoms with van der Waals surface area (Å²) in [7, 11) is 0. The molecule has 0 heterocycles. The van der Waals surface area contributed by atoms with Crippen LogP contribution in [0.4, 0.5) is 0 Å². The van der Waals surface area contributed by atoms with Crippen LogP contribution >= 0.6 is 0 Å². The first-order chi connectivity index (χ1) is 2.00. The number of rotatable bonds is 0. The summed E-state index contributed by atoms with van der Waals surface area (Å²) in [6.45, 7) is 0. The zero-order valence-corrected chi connectivity index (χ0v) is 4.07. The van der Waals surface area contributed by atoms with Gasteiger partial charge in [0.15, 0.2) is 0 Å². The average molecular weight is 295 g/mol. The molecule has 0 aromatic heterocycles. The molecule has 4 nitrogen and oxygen atoms in total. The van der Waals surface area contributed by atoms with E-state index in [1.807, 2.05) is 0 Å². The summed E-state index contributed by atoms with van der Waals surface area (Å²) in [4.78, 5) is 0. The van der Waals surface area contributed by atoms with Gasteiger partial charge in [-0.2, -0.15) is 0 Å². The van der Waals surface area contributed by atoms with Crippen LogP contribution in [0.25, 0.3) is 0 Å². The van der Waals surface area contributed by atoms with Crippen LogP contribution in [0.3, 0.4) is 0 Å². The fourth-order valence-corrected chi connectivity index (χ4v) is 0. The molecule has 9 heavy (non-hydrogen) atoms. The minimum atomic E-state index is -5.12. The monoisotopic (exact) mass is 294 g/mol. The third-order valence-electron chi connectivity index (χ3n) is 0. The van der Waals surface area contributed by atoms with Crippen LogP contribution in [-0.4, -0.2) is 163 Å². The maximum atomic E-state index is 8.94. The van der Waals surface area contributed by atoms with Crippen LogP contribution < -0.4 is 0 Å². The van der Waals surface area contributed by atoms with Crippen LogP contribution in [0.1, 0.15) is 0 Å². The predicted octanol–water partition coefficient (Wildman–Crippen LogP) is -5.84. The van der Waals surface area contributed by atoms with Gasteiger partial charge in [-0.1, -0.05) is 0 Å². The van der Waals surface area contributed by atoms with Crippen molar-refractivity contribution in [2.24, 2.45) is 0 Å². The summed E-state index contributed by atoms with van der Waals surface area (Å²) in [6, 6.07) is 0. The van der Waals surface area contributed by atoms with Crippen molar-refractivity contribution in [2.75, 3.05) is 0 Å². The van der Waals surface area contributed by atoms with E-state index < -0.39 is 14.5 Å². The third-order valence-corrected chi connectivity index (χ3v) is 0. The van der Waals surface area contributed by atoms with E-state index in [9.17, 15) is 0 Å². The Balaban J connectivity index is -0.0000000133. The molecule has 9 heteroatoms. The smallest absolute Gasteiger partial charge is 0.316 e. The van der Waals surface area contributed by atoms with Crippen molar-refractivity contribution in [2.45, 2.75) is 0 Å². The second-order valence-corrected chi connectivity index (χ2v) is 2.67. The Kier molecular flexibility index (Phi) is 49.5. The Morgan fingerprint density at radius 2 is 0.889 bits per heavy atom. The Labute approximate surface area is 162 Å². The second-order valence-electron chi connectivity index (χ2n) is 0.513. The summed E-state index contributed by atoms with van der Waals surface area (Å²) in [6.07, 6.45) is 0. The second kappa shape index (κ2) is 15.3. The molecule has 0 amide bonds. The van der Waals surface area contributed by atoms with E-state index in [-0.39, 0.29) is 136 Å². The van der Waals surface area contributed by atoms with Gasteiger partial charge in [0.05, 0.1) is 0 Å². The topological polar surface area (TPSA) is 77.8 Å². The zero-order chi connectivity index (χ0) is 4.50. The van der Waals surface area contributed by atoms with Gasteiger partial charge in [-0.05, 0) is 0 Å². The maximum absolute atomic E-state index is 8.94. The van der Waals surface area contributed by atoms with Crippen LogP contribution in [-0.2, 0) is 3.74 Å². The zero-order valence-electron chi connectivity index (χ0n) is 2.20. The molecule has 0 aliphatic rings. The Bertz CT molecular complexity index is 61.9. The van der Waals surface area contributed by atoms with E-state index in [0.29, 0.717) is 0 Å². The predicted molar refractivity (Wildman–Crippen MR) is 47.3 cm³/mol. The van der Waals surface area contributed by atoms with Crippen molar-refractivity contribution in [3.05, 3.63) is 0 Å². The van der Waals surface area contributed by atoms with Crippen LogP contribution in [0.2, 0.25) is 0 Å². The summed E-state index contributed by atoms with van der Waals surface area (Å²) in [5.41, 5.74) is 0. The van der Waals surface area contributed by atoms with Crippen LogP contribution in [0.5, 0.6) is 0 Å². The molecular weight excluding hydrogens is 283 g/mol. The van der Waals surface area contributed by atoms with E-state index in [4.69, 9.17) is 16.0 Å². The maximum Gasteiger partial charge on any atom is 0.316 e. The summed E-state index contributed by atoms with van der Waals surface area (Å²) < 4.78 is 30.7.